The van der Waals surface area contributed by atoms with E-state index in [-0.39, 0.29) is 5.92 Å². The zero-order chi connectivity index (χ0) is 10.6. The summed E-state index contributed by atoms with van der Waals surface area (Å²) in [6, 6.07) is -0.862. The molecular formula is C6H13F2NO3S. The summed E-state index contributed by atoms with van der Waals surface area (Å²) in [5.41, 5.74) is 0. The first kappa shape index (κ1) is 12.7. The maximum atomic E-state index is 11.8. The Hall–Kier alpha value is -0.270. The molecule has 1 unspecified atom stereocenters. The van der Waals surface area contributed by atoms with Gasteiger partial charge in [0.1, 0.15) is 0 Å². The third-order valence-corrected chi connectivity index (χ3v) is 2.65. The average Bonchev–Trinajstić information content (AvgIpc) is 1.99. The summed E-state index contributed by atoms with van der Waals surface area (Å²) in [6.07, 6.45) is 0. The molecule has 13 heavy (non-hydrogen) atoms. The molecule has 4 nitrogen and oxygen atoms in total. The fourth-order valence-electron chi connectivity index (χ4n) is 0.647. The van der Waals surface area contributed by atoms with E-state index >= 15 is 0 Å². The molecule has 0 aliphatic heterocycles. The van der Waals surface area contributed by atoms with E-state index < -0.39 is 28.4 Å². The van der Waals surface area contributed by atoms with Crippen LogP contribution < -0.4 is 4.72 Å². The monoisotopic (exact) mass is 217 g/mol. The lowest BCUT2D eigenvalue weighted by Gasteiger charge is -2.19. The molecule has 1 atom stereocenters. The van der Waals surface area contributed by atoms with Gasteiger partial charge in [0.05, 0.1) is 6.61 Å². The first-order valence-electron chi connectivity index (χ1n) is 3.71. The van der Waals surface area contributed by atoms with Crippen molar-refractivity contribution in [3.63, 3.8) is 0 Å². The molecule has 0 saturated carbocycles. The molecule has 0 heterocycles. The van der Waals surface area contributed by atoms with Gasteiger partial charge in [-0.1, -0.05) is 13.8 Å². The standard InChI is InChI=1S/C6H13F2NO3S/c1-4(2)5(3-10)9-13(11,12)6(7)8/h4-6,9-10H,3H2,1-2H3. The third-order valence-electron chi connectivity index (χ3n) is 1.55. The highest BCUT2D eigenvalue weighted by Gasteiger charge is 2.28. The van der Waals surface area contributed by atoms with Gasteiger partial charge in [-0.15, -0.1) is 0 Å². The Morgan fingerprint density at radius 2 is 1.85 bits per heavy atom. The largest absolute Gasteiger partial charge is 0.395 e. The lowest BCUT2D eigenvalue weighted by atomic mass is 10.1. The molecule has 0 spiro atoms. The molecule has 0 aromatic carbocycles. The normalized spacial score (nSPS) is 15.3. The molecule has 0 amide bonds. The van der Waals surface area contributed by atoms with Crippen LogP contribution in [0.1, 0.15) is 13.8 Å². The van der Waals surface area contributed by atoms with Gasteiger partial charge in [-0.05, 0) is 5.92 Å². The van der Waals surface area contributed by atoms with Crippen molar-refractivity contribution in [2.45, 2.75) is 25.6 Å². The molecule has 0 fully saturated rings. The lowest BCUT2D eigenvalue weighted by Crippen LogP contribution is -2.43. The van der Waals surface area contributed by atoms with Gasteiger partial charge in [-0.3, -0.25) is 0 Å². The van der Waals surface area contributed by atoms with Gasteiger partial charge in [0.2, 0.25) is 0 Å². The van der Waals surface area contributed by atoms with Gasteiger partial charge >= 0.3 is 5.76 Å². The van der Waals surface area contributed by atoms with E-state index in [0.717, 1.165) is 0 Å². The van der Waals surface area contributed by atoms with Crippen LogP contribution in [0.15, 0.2) is 0 Å². The number of rotatable bonds is 5. The summed E-state index contributed by atoms with van der Waals surface area (Å²) in [5.74, 6) is -3.70. The molecule has 7 heteroatoms. The van der Waals surface area contributed by atoms with Gasteiger partial charge in [0.15, 0.2) is 0 Å². The summed E-state index contributed by atoms with van der Waals surface area (Å²) in [6.45, 7) is 2.74. The summed E-state index contributed by atoms with van der Waals surface area (Å²) in [7, 11) is -4.60. The third kappa shape index (κ3) is 3.97. The molecular weight excluding hydrogens is 204 g/mol. The summed E-state index contributed by atoms with van der Waals surface area (Å²) < 4.78 is 46.7. The number of aliphatic hydroxyl groups is 1. The second-order valence-corrected chi connectivity index (χ2v) is 4.64. The van der Waals surface area contributed by atoms with Crippen LogP contribution in [0.4, 0.5) is 8.78 Å². The zero-order valence-corrected chi connectivity index (χ0v) is 8.18. The molecule has 80 valence electrons. The lowest BCUT2D eigenvalue weighted by molar-refractivity contribution is 0.211. The first-order chi connectivity index (χ1) is 5.81. The number of nitrogens with one attached hydrogen (secondary N) is 1. The number of sulfonamides is 1. The van der Waals surface area contributed by atoms with Crippen LogP contribution in [0.3, 0.4) is 0 Å². The van der Waals surface area contributed by atoms with Gasteiger partial charge in [-0.2, -0.15) is 8.78 Å². The molecule has 2 N–H and O–H groups in total. The SMILES string of the molecule is CC(C)C(CO)NS(=O)(=O)C(F)F. The van der Waals surface area contributed by atoms with Crippen LogP contribution >= 0.6 is 0 Å². The predicted octanol–water partition coefficient (Wildman–Crippen LogP) is 0.145. The highest BCUT2D eigenvalue weighted by molar-refractivity contribution is 7.89. The van der Waals surface area contributed by atoms with Crippen LogP contribution in [0.2, 0.25) is 0 Å². The molecule has 0 aliphatic carbocycles. The van der Waals surface area contributed by atoms with E-state index in [1.165, 1.54) is 0 Å². The van der Waals surface area contributed by atoms with Crippen molar-refractivity contribution in [3.05, 3.63) is 0 Å². The zero-order valence-electron chi connectivity index (χ0n) is 7.37. The Labute approximate surface area is 76.0 Å². The first-order valence-corrected chi connectivity index (χ1v) is 5.26. The molecule has 0 rings (SSSR count). The van der Waals surface area contributed by atoms with Crippen LogP contribution in [0.25, 0.3) is 0 Å². The Morgan fingerprint density at radius 3 is 2.08 bits per heavy atom. The van der Waals surface area contributed by atoms with E-state index in [1.807, 2.05) is 0 Å². The Morgan fingerprint density at radius 1 is 1.38 bits per heavy atom. The summed E-state index contributed by atoms with van der Waals surface area (Å²) in [5, 5.41) is 8.67. The summed E-state index contributed by atoms with van der Waals surface area (Å²) >= 11 is 0. The Bertz CT molecular complexity index is 240. The molecule has 0 aliphatic rings. The van der Waals surface area contributed by atoms with Crippen LogP contribution in [-0.2, 0) is 10.0 Å². The van der Waals surface area contributed by atoms with Gasteiger partial charge in [-0.25, -0.2) is 13.1 Å². The van der Waals surface area contributed by atoms with Crippen LogP contribution in [-0.4, -0.2) is 31.9 Å². The van der Waals surface area contributed by atoms with Crippen molar-refractivity contribution in [1.29, 1.82) is 0 Å². The molecule has 0 saturated heterocycles. The minimum Gasteiger partial charge on any atom is -0.395 e. The second kappa shape index (κ2) is 4.83. The van der Waals surface area contributed by atoms with E-state index in [0.29, 0.717) is 0 Å². The average molecular weight is 217 g/mol. The van der Waals surface area contributed by atoms with Crippen molar-refractivity contribution in [2.75, 3.05) is 6.61 Å². The quantitative estimate of drug-likeness (QED) is 0.688. The Kier molecular flexibility index (Phi) is 4.72. The highest BCUT2D eigenvalue weighted by atomic mass is 32.2. The number of hydrogen-bond acceptors (Lipinski definition) is 3. The van der Waals surface area contributed by atoms with E-state index in [2.05, 4.69) is 0 Å². The van der Waals surface area contributed by atoms with E-state index in [1.54, 1.807) is 18.6 Å². The van der Waals surface area contributed by atoms with E-state index in [9.17, 15) is 17.2 Å². The van der Waals surface area contributed by atoms with Gasteiger partial charge < -0.3 is 5.11 Å². The van der Waals surface area contributed by atoms with Gasteiger partial charge in [0, 0.05) is 6.04 Å². The van der Waals surface area contributed by atoms with Crippen molar-refractivity contribution >= 4 is 10.0 Å². The summed E-state index contributed by atoms with van der Waals surface area (Å²) in [4.78, 5) is 0. The Balaban J connectivity index is 4.41. The number of alkyl halides is 2. The maximum absolute atomic E-state index is 11.8. The van der Waals surface area contributed by atoms with Crippen molar-refractivity contribution in [3.8, 4) is 0 Å². The number of hydrogen-bond donors (Lipinski definition) is 2. The topological polar surface area (TPSA) is 66.4 Å². The van der Waals surface area contributed by atoms with Crippen molar-refractivity contribution in [2.24, 2.45) is 5.92 Å². The second-order valence-electron chi connectivity index (χ2n) is 2.96. The predicted molar refractivity (Wildman–Crippen MR) is 43.8 cm³/mol. The van der Waals surface area contributed by atoms with Crippen molar-refractivity contribution < 1.29 is 22.3 Å². The minimum atomic E-state index is -4.60. The maximum Gasteiger partial charge on any atom is 0.350 e. The molecule has 0 radical (unpaired) electrons. The van der Waals surface area contributed by atoms with Gasteiger partial charge in [0.25, 0.3) is 10.0 Å². The molecule has 0 aromatic rings. The fraction of sp³-hybridized carbons (Fsp3) is 1.00. The number of aliphatic hydroxyl groups excluding tert-OH is 1. The molecule has 0 bridgehead atoms. The van der Waals surface area contributed by atoms with Crippen LogP contribution in [0, 0.1) is 5.92 Å². The fourth-order valence-corrected chi connectivity index (χ4v) is 1.52. The smallest absolute Gasteiger partial charge is 0.350 e. The highest BCUT2D eigenvalue weighted by Crippen LogP contribution is 2.07. The van der Waals surface area contributed by atoms with E-state index in [4.69, 9.17) is 5.11 Å². The molecule has 0 aromatic heterocycles. The van der Waals surface area contributed by atoms with Crippen molar-refractivity contribution in [1.82, 2.24) is 4.72 Å². The van der Waals surface area contributed by atoms with Crippen LogP contribution in [0.5, 0.6) is 0 Å². The number of halogens is 2. The minimum absolute atomic E-state index is 0.237.